The van der Waals surface area contributed by atoms with Crippen LogP contribution in [-0.4, -0.2) is 27.6 Å². The second-order valence-electron chi connectivity index (χ2n) is 2.67. The van der Waals surface area contributed by atoms with Crippen molar-refractivity contribution in [3.63, 3.8) is 0 Å². The number of rotatable bonds is 4. The molecule has 0 unspecified atom stereocenters. The van der Waals surface area contributed by atoms with Gasteiger partial charge in [0.25, 0.3) is 0 Å². The van der Waals surface area contributed by atoms with Crippen LogP contribution >= 0.6 is 22.6 Å². The van der Waals surface area contributed by atoms with E-state index >= 15 is 0 Å². The summed E-state index contributed by atoms with van der Waals surface area (Å²) in [5.74, 6) is 1.49. The number of carbonyl (C=O) groups is 1. The predicted molar refractivity (Wildman–Crippen MR) is 64.2 cm³/mol. The number of hydrogen-bond donors (Lipinski definition) is 0. The third kappa shape index (κ3) is 2.17. The Bertz CT molecular complexity index is 376. The zero-order valence-corrected chi connectivity index (χ0v) is 10.8. The Morgan fingerprint density at radius 3 is 2.13 bits per heavy atom. The van der Waals surface area contributed by atoms with Crippen LogP contribution in [0.5, 0.6) is 17.2 Å². The lowest BCUT2D eigenvalue weighted by atomic mass is 10.2. The molecule has 1 rings (SSSR count). The molecule has 1 aromatic carbocycles. The number of aldehydes is 1. The van der Waals surface area contributed by atoms with E-state index in [1.54, 1.807) is 6.07 Å². The van der Waals surface area contributed by atoms with E-state index in [0.717, 1.165) is 6.29 Å². The summed E-state index contributed by atoms with van der Waals surface area (Å²) in [6, 6.07) is 1.62. The molecule has 0 heterocycles. The minimum Gasteiger partial charge on any atom is -0.493 e. The molecule has 0 fully saturated rings. The highest BCUT2D eigenvalue weighted by Crippen LogP contribution is 2.41. The Hall–Kier alpha value is -0.980. The molecule has 82 valence electrons. The number of carbonyl (C=O) groups excluding carboxylic acids is 1. The van der Waals surface area contributed by atoms with E-state index in [1.807, 2.05) is 22.6 Å². The van der Waals surface area contributed by atoms with Gasteiger partial charge in [-0.25, -0.2) is 0 Å². The molecule has 0 aliphatic heterocycles. The van der Waals surface area contributed by atoms with Crippen molar-refractivity contribution < 1.29 is 19.0 Å². The zero-order chi connectivity index (χ0) is 11.4. The quantitative estimate of drug-likeness (QED) is 0.629. The molecule has 0 aromatic heterocycles. The van der Waals surface area contributed by atoms with Crippen LogP contribution in [0.25, 0.3) is 0 Å². The fourth-order valence-electron chi connectivity index (χ4n) is 1.23. The van der Waals surface area contributed by atoms with Crippen molar-refractivity contribution in [3.8, 4) is 17.2 Å². The summed E-state index contributed by atoms with van der Waals surface area (Å²) >= 11 is 2.03. The van der Waals surface area contributed by atoms with E-state index in [0.29, 0.717) is 26.4 Å². The Morgan fingerprint density at radius 2 is 1.73 bits per heavy atom. The first-order chi connectivity index (χ1) is 7.19. The molecule has 0 atom stereocenters. The summed E-state index contributed by atoms with van der Waals surface area (Å²) in [4.78, 5) is 10.8. The maximum absolute atomic E-state index is 10.8. The maximum Gasteiger partial charge on any atom is 0.204 e. The van der Waals surface area contributed by atoms with Gasteiger partial charge < -0.3 is 14.2 Å². The molecule has 0 spiro atoms. The normalized spacial score (nSPS) is 9.60. The molecule has 0 N–H and O–H groups in total. The van der Waals surface area contributed by atoms with Crippen molar-refractivity contribution in [2.45, 2.75) is 0 Å². The highest BCUT2D eigenvalue weighted by molar-refractivity contribution is 14.1. The van der Waals surface area contributed by atoms with Crippen LogP contribution in [0.2, 0.25) is 0 Å². The lowest BCUT2D eigenvalue weighted by Gasteiger charge is -2.14. The fraction of sp³-hybridized carbons (Fsp3) is 0.300. The molecule has 15 heavy (non-hydrogen) atoms. The van der Waals surface area contributed by atoms with Gasteiger partial charge in [-0.15, -0.1) is 0 Å². The molecule has 0 saturated heterocycles. The van der Waals surface area contributed by atoms with Crippen molar-refractivity contribution >= 4 is 28.9 Å². The monoisotopic (exact) mass is 322 g/mol. The molecular formula is C10H11IO4. The Morgan fingerprint density at radius 1 is 1.13 bits per heavy atom. The van der Waals surface area contributed by atoms with Crippen LogP contribution in [0.1, 0.15) is 10.4 Å². The average Bonchev–Trinajstić information content (AvgIpc) is 2.28. The smallest absolute Gasteiger partial charge is 0.204 e. The van der Waals surface area contributed by atoms with E-state index in [9.17, 15) is 4.79 Å². The summed E-state index contributed by atoms with van der Waals surface area (Å²) in [7, 11) is 4.56. The summed E-state index contributed by atoms with van der Waals surface area (Å²) < 4.78 is 16.2. The first kappa shape index (κ1) is 12.1. The van der Waals surface area contributed by atoms with Crippen molar-refractivity contribution in [3.05, 3.63) is 15.2 Å². The molecule has 1 aromatic rings. The first-order valence-corrected chi connectivity index (χ1v) is 5.21. The van der Waals surface area contributed by atoms with E-state index in [2.05, 4.69) is 0 Å². The van der Waals surface area contributed by atoms with Crippen LogP contribution in [0.3, 0.4) is 0 Å². The SMILES string of the molecule is COc1cc(C=O)c(I)c(OC)c1OC. The molecule has 5 heteroatoms. The number of benzene rings is 1. The molecule has 0 aliphatic carbocycles. The zero-order valence-electron chi connectivity index (χ0n) is 8.67. The van der Waals surface area contributed by atoms with E-state index in [4.69, 9.17) is 14.2 Å². The van der Waals surface area contributed by atoms with E-state index < -0.39 is 0 Å². The van der Waals surface area contributed by atoms with Crippen LogP contribution in [0, 0.1) is 3.57 Å². The largest absolute Gasteiger partial charge is 0.493 e. The highest BCUT2D eigenvalue weighted by atomic mass is 127. The summed E-state index contributed by atoms with van der Waals surface area (Å²) in [6.07, 6.45) is 0.756. The molecule has 0 bridgehead atoms. The van der Waals surface area contributed by atoms with Gasteiger partial charge in [-0.2, -0.15) is 0 Å². The van der Waals surface area contributed by atoms with Gasteiger partial charge >= 0.3 is 0 Å². The molecule has 0 saturated carbocycles. The third-order valence-electron chi connectivity index (χ3n) is 1.92. The van der Waals surface area contributed by atoms with Gasteiger partial charge in [-0.05, 0) is 28.7 Å². The van der Waals surface area contributed by atoms with Gasteiger partial charge in [0.1, 0.15) is 0 Å². The van der Waals surface area contributed by atoms with Crippen molar-refractivity contribution in [2.24, 2.45) is 0 Å². The second-order valence-corrected chi connectivity index (χ2v) is 3.75. The lowest BCUT2D eigenvalue weighted by Crippen LogP contribution is -2.00. The first-order valence-electron chi connectivity index (χ1n) is 4.13. The van der Waals surface area contributed by atoms with Gasteiger partial charge in [-0.3, -0.25) is 4.79 Å². The van der Waals surface area contributed by atoms with Gasteiger partial charge in [-0.1, -0.05) is 0 Å². The van der Waals surface area contributed by atoms with E-state index in [-0.39, 0.29) is 0 Å². The van der Waals surface area contributed by atoms with Gasteiger partial charge in [0.05, 0.1) is 24.9 Å². The topological polar surface area (TPSA) is 44.8 Å². The number of methoxy groups -OCH3 is 3. The van der Waals surface area contributed by atoms with Gasteiger partial charge in [0.2, 0.25) is 5.75 Å². The van der Waals surface area contributed by atoms with Crippen molar-refractivity contribution in [1.29, 1.82) is 0 Å². The number of halogens is 1. The standard InChI is InChI=1S/C10H11IO4/c1-13-7-4-6(5-12)8(11)10(15-3)9(7)14-2/h4-5H,1-3H3. The highest BCUT2D eigenvalue weighted by Gasteiger charge is 2.18. The molecule has 0 radical (unpaired) electrons. The molecular weight excluding hydrogens is 311 g/mol. The molecule has 0 aliphatic rings. The van der Waals surface area contributed by atoms with Crippen LogP contribution in [0.4, 0.5) is 0 Å². The Kier molecular flexibility index (Phi) is 4.19. The van der Waals surface area contributed by atoms with Crippen LogP contribution in [-0.2, 0) is 0 Å². The fourth-order valence-corrected chi connectivity index (χ4v) is 1.97. The Balaban J connectivity index is 3.49. The van der Waals surface area contributed by atoms with Crippen molar-refractivity contribution in [2.75, 3.05) is 21.3 Å². The van der Waals surface area contributed by atoms with E-state index in [1.165, 1.54) is 21.3 Å². The predicted octanol–water partition coefficient (Wildman–Crippen LogP) is 2.13. The van der Waals surface area contributed by atoms with Crippen LogP contribution < -0.4 is 14.2 Å². The third-order valence-corrected chi connectivity index (χ3v) is 3.04. The maximum atomic E-state index is 10.8. The summed E-state index contributed by atoms with van der Waals surface area (Å²) in [6.45, 7) is 0. The van der Waals surface area contributed by atoms with Gasteiger partial charge in [0.15, 0.2) is 17.8 Å². The van der Waals surface area contributed by atoms with Crippen LogP contribution in [0.15, 0.2) is 6.07 Å². The minimum absolute atomic E-state index is 0.483. The molecule has 0 amide bonds. The second kappa shape index (κ2) is 5.20. The minimum atomic E-state index is 0.483. The number of hydrogen-bond acceptors (Lipinski definition) is 4. The lowest BCUT2D eigenvalue weighted by molar-refractivity contribution is 0.112. The van der Waals surface area contributed by atoms with Crippen molar-refractivity contribution in [1.82, 2.24) is 0 Å². The summed E-state index contributed by atoms with van der Waals surface area (Å²) in [5, 5.41) is 0. The number of ether oxygens (including phenoxy) is 3. The molecule has 4 nitrogen and oxygen atoms in total. The summed E-state index contributed by atoms with van der Waals surface area (Å²) in [5.41, 5.74) is 0.519. The average molecular weight is 322 g/mol. The van der Waals surface area contributed by atoms with Gasteiger partial charge in [0, 0.05) is 5.56 Å². The Labute approximate surface area is 102 Å².